The van der Waals surface area contributed by atoms with E-state index < -0.39 is 0 Å². The molecule has 0 bridgehead atoms. The van der Waals surface area contributed by atoms with Crippen LogP contribution in [0.5, 0.6) is 0 Å². The number of rotatable bonds is 2. The van der Waals surface area contributed by atoms with E-state index in [9.17, 15) is 0 Å². The van der Waals surface area contributed by atoms with Gasteiger partial charge in [-0.15, -0.1) is 11.6 Å². The first-order chi connectivity index (χ1) is 6.40. The fraction of sp³-hybridized carbons (Fsp3) is 0.111. The van der Waals surface area contributed by atoms with Gasteiger partial charge in [0.1, 0.15) is 0 Å². The van der Waals surface area contributed by atoms with E-state index in [0.29, 0.717) is 17.5 Å². The Bertz CT molecular complexity index is 386. The Morgan fingerprint density at radius 3 is 3.00 bits per heavy atom. The average Bonchev–Trinajstić information content (AvgIpc) is 2.71. The van der Waals surface area contributed by atoms with Crippen molar-refractivity contribution in [1.82, 2.24) is 9.97 Å². The molecule has 0 aromatic carbocycles. The summed E-state index contributed by atoms with van der Waals surface area (Å²) in [5.74, 6) is 1.62. The van der Waals surface area contributed by atoms with Crippen LogP contribution in [-0.4, -0.2) is 9.97 Å². The number of aromatic nitrogens is 2. The van der Waals surface area contributed by atoms with E-state index in [2.05, 4.69) is 9.97 Å². The maximum Gasteiger partial charge on any atom is 0.195 e. The Kier molecular flexibility index (Phi) is 2.27. The van der Waals surface area contributed by atoms with Crippen LogP contribution in [0.2, 0.25) is 0 Å². The van der Waals surface area contributed by atoms with Crippen LogP contribution in [0.15, 0.2) is 35.1 Å². The molecule has 4 heteroatoms. The molecule has 2 aromatic heterocycles. The highest BCUT2D eigenvalue weighted by atomic mass is 35.5. The predicted octanol–water partition coefficient (Wildman–Crippen LogP) is 2.48. The minimum Gasteiger partial charge on any atom is -0.461 e. The van der Waals surface area contributed by atoms with Crippen molar-refractivity contribution in [3.63, 3.8) is 0 Å². The SMILES string of the molecule is ClCc1ccnc(-c2ccco2)n1. The number of hydrogen-bond donors (Lipinski definition) is 0. The highest BCUT2D eigenvalue weighted by Crippen LogP contribution is 2.14. The van der Waals surface area contributed by atoms with Crippen molar-refractivity contribution in [1.29, 1.82) is 0 Å². The molecule has 0 amide bonds. The fourth-order valence-corrected chi connectivity index (χ4v) is 1.14. The first kappa shape index (κ1) is 8.26. The summed E-state index contributed by atoms with van der Waals surface area (Å²) in [4.78, 5) is 8.26. The van der Waals surface area contributed by atoms with Crippen molar-refractivity contribution < 1.29 is 4.42 Å². The van der Waals surface area contributed by atoms with E-state index in [-0.39, 0.29) is 0 Å². The van der Waals surface area contributed by atoms with Gasteiger partial charge in [0.25, 0.3) is 0 Å². The Hall–Kier alpha value is -1.35. The first-order valence-corrected chi connectivity index (χ1v) is 4.35. The molecular weight excluding hydrogens is 188 g/mol. The smallest absolute Gasteiger partial charge is 0.195 e. The number of alkyl halides is 1. The van der Waals surface area contributed by atoms with Gasteiger partial charge in [0.2, 0.25) is 0 Å². The van der Waals surface area contributed by atoms with Crippen LogP contribution >= 0.6 is 11.6 Å². The molecular formula is C9H7ClN2O. The summed E-state index contributed by atoms with van der Waals surface area (Å²) >= 11 is 5.64. The largest absolute Gasteiger partial charge is 0.461 e. The topological polar surface area (TPSA) is 38.9 Å². The summed E-state index contributed by atoms with van der Waals surface area (Å²) in [5, 5.41) is 0. The first-order valence-electron chi connectivity index (χ1n) is 3.82. The molecule has 0 fully saturated rings. The monoisotopic (exact) mass is 194 g/mol. The van der Waals surface area contributed by atoms with Crippen molar-refractivity contribution in [3.05, 3.63) is 36.4 Å². The van der Waals surface area contributed by atoms with Crippen LogP contribution in [0.4, 0.5) is 0 Å². The summed E-state index contributed by atoms with van der Waals surface area (Å²) in [5.41, 5.74) is 0.795. The highest BCUT2D eigenvalue weighted by molar-refractivity contribution is 6.16. The molecule has 13 heavy (non-hydrogen) atoms. The molecule has 0 atom stereocenters. The van der Waals surface area contributed by atoms with Crippen LogP contribution < -0.4 is 0 Å². The number of furan rings is 1. The standard InChI is InChI=1S/C9H7ClN2O/c10-6-7-3-4-11-9(12-7)8-2-1-5-13-8/h1-5H,6H2. The molecule has 0 saturated carbocycles. The zero-order valence-electron chi connectivity index (χ0n) is 6.77. The van der Waals surface area contributed by atoms with Crippen LogP contribution in [0.1, 0.15) is 5.69 Å². The minimum atomic E-state index is 0.385. The normalized spacial score (nSPS) is 10.2. The van der Waals surface area contributed by atoms with Gasteiger partial charge in [-0.05, 0) is 18.2 Å². The summed E-state index contributed by atoms with van der Waals surface area (Å²) in [6, 6.07) is 5.39. The van der Waals surface area contributed by atoms with Crippen molar-refractivity contribution in [2.24, 2.45) is 0 Å². The molecule has 2 rings (SSSR count). The maximum atomic E-state index is 5.64. The lowest BCUT2D eigenvalue weighted by molar-refractivity contribution is 0.577. The molecule has 0 spiro atoms. The second-order valence-electron chi connectivity index (χ2n) is 2.48. The second kappa shape index (κ2) is 3.58. The fourth-order valence-electron chi connectivity index (χ4n) is 0.995. The van der Waals surface area contributed by atoms with Crippen molar-refractivity contribution >= 4 is 11.6 Å². The lowest BCUT2D eigenvalue weighted by Gasteiger charge is -1.96. The Morgan fingerprint density at radius 2 is 2.31 bits per heavy atom. The van der Waals surface area contributed by atoms with E-state index in [1.807, 2.05) is 6.07 Å². The quantitative estimate of drug-likeness (QED) is 0.690. The molecule has 3 nitrogen and oxygen atoms in total. The van der Waals surface area contributed by atoms with Gasteiger partial charge in [-0.2, -0.15) is 0 Å². The molecule has 2 heterocycles. The third-order valence-electron chi connectivity index (χ3n) is 1.59. The second-order valence-corrected chi connectivity index (χ2v) is 2.75. The van der Waals surface area contributed by atoms with Crippen molar-refractivity contribution in [2.45, 2.75) is 5.88 Å². The Morgan fingerprint density at radius 1 is 1.38 bits per heavy atom. The van der Waals surface area contributed by atoms with E-state index in [1.165, 1.54) is 0 Å². The van der Waals surface area contributed by atoms with Gasteiger partial charge < -0.3 is 4.42 Å². The van der Waals surface area contributed by atoms with Crippen LogP contribution in [0.3, 0.4) is 0 Å². The zero-order valence-corrected chi connectivity index (χ0v) is 7.53. The van der Waals surface area contributed by atoms with Gasteiger partial charge >= 0.3 is 0 Å². The minimum absolute atomic E-state index is 0.385. The number of hydrogen-bond acceptors (Lipinski definition) is 3. The number of nitrogens with zero attached hydrogens (tertiary/aromatic N) is 2. The van der Waals surface area contributed by atoms with E-state index in [1.54, 1.807) is 24.6 Å². The summed E-state index contributed by atoms with van der Waals surface area (Å²) < 4.78 is 5.15. The van der Waals surface area contributed by atoms with Crippen LogP contribution in [-0.2, 0) is 5.88 Å². The van der Waals surface area contributed by atoms with Gasteiger partial charge in [0, 0.05) is 6.20 Å². The van der Waals surface area contributed by atoms with Crippen LogP contribution in [0, 0.1) is 0 Å². The third kappa shape index (κ3) is 1.70. The molecule has 2 aromatic rings. The molecule has 66 valence electrons. The van der Waals surface area contributed by atoms with Gasteiger partial charge in [-0.1, -0.05) is 0 Å². The molecule has 0 radical (unpaired) electrons. The molecule has 0 aliphatic rings. The summed E-state index contributed by atoms with van der Waals surface area (Å²) in [7, 11) is 0. The Labute approximate surface area is 80.4 Å². The molecule has 0 aliphatic carbocycles. The zero-order chi connectivity index (χ0) is 9.10. The van der Waals surface area contributed by atoms with Crippen LogP contribution in [0.25, 0.3) is 11.6 Å². The summed E-state index contributed by atoms with van der Waals surface area (Å²) in [6.45, 7) is 0. The lowest BCUT2D eigenvalue weighted by atomic mass is 10.4. The van der Waals surface area contributed by atoms with Gasteiger partial charge in [-0.25, -0.2) is 9.97 Å². The Balaban J connectivity index is 2.41. The average molecular weight is 195 g/mol. The molecule has 0 unspecified atom stereocenters. The van der Waals surface area contributed by atoms with Gasteiger partial charge in [0.05, 0.1) is 17.8 Å². The highest BCUT2D eigenvalue weighted by Gasteiger charge is 2.03. The maximum absolute atomic E-state index is 5.64. The van der Waals surface area contributed by atoms with Gasteiger partial charge in [-0.3, -0.25) is 0 Å². The van der Waals surface area contributed by atoms with Crippen molar-refractivity contribution in [3.8, 4) is 11.6 Å². The third-order valence-corrected chi connectivity index (χ3v) is 1.87. The molecule has 0 N–H and O–H groups in total. The molecule has 0 aliphatic heterocycles. The number of halogens is 1. The predicted molar refractivity (Wildman–Crippen MR) is 49.3 cm³/mol. The van der Waals surface area contributed by atoms with Gasteiger partial charge in [0.15, 0.2) is 11.6 Å². The lowest BCUT2D eigenvalue weighted by Crippen LogP contribution is -1.90. The molecule has 0 saturated heterocycles. The van der Waals surface area contributed by atoms with E-state index >= 15 is 0 Å². The van der Waals surface area contributed by atoms with Crippen molar-refractivity contribution in [2.75, 3.05) is 0 Å². The van der Waals surface area contributed by atoms with E-state index in [0.717, 1.165) is 5.69 Å². The summed E-state index contributed by atoms with van der Waals surface area (Å²) in [6.07, 6.45) is 3.26. The van der Waals surface area contributed by atoms with E-state index in [4.69, 9.17) is 16.0 Å².